The lowest BCUT2D eigenvalue weighted by molar-refractivity contribution is 0.0626. The number of rotatable bonds is 14. The van der Waals surface area contributed by atoms with Gasteiger partial charge in [0.2, 0.25) is 19.7 Å². The lowest BCUT2D eigenvalue weighted by Crippen LogP contribution is -2.25. The lowest BCUT2D eigenvalue weighted by atomic mass is 10.3. The summed E-state index contributed by atoms with van der Waals surface area (Å²) in [5.74, 6) is 1.30. The molecule has 0 aliphatic heterocycles. The van der Waals surface area contributed by atoms with Crippen molar-refractivity contribution in [3.8, 4) is 23.0 Å². The molecule has 1 N–H and O–H groups in total. The lowest BCUT2D eigenvalue weighted by Gasteiger charge is -2.16. The quantitative estimate of drug-likeness (QED) is 0.184. The Morgan fingerprint density at radius 3 is 1.23 bits per heavy atom. The zero-order valence-electron chi connectivity index (χ0n) is 24.9. The van der Waals surface area contributed by atoms with E-state index in [1.54, 1.807) is 36.4 Å². The van der Waals surface area contributed by atoms with Crippen LogP contribution < -0.4 is 18.9 Å². The largest absolute Gasteiger partial charge is 0.491 e. The average Bonchev–Trinajstić information content (AvgIpc) is 2.99. The zero-order valence-corrected chi connectivity index (χ0v) is 26.5. The standard InChI is InChI=1S/C33H36O9S2/c1-23(2)41-30-9-5-7-11-32(30)43(35,36)28-17-13-26(14-18-28)39-21-25(34)22-40-27-15-19-29(20-16-27)44(37,38)33-12-8-6-10-31(33)42-24(3)4/h5-20,23-25,34H,21-22H2,1-4H3. The van der Waals surface area contributed by atoms with Gasteiger partial charge >= 0.3 is 0 Å². The molecule has 0 saturated heterocycles. The van der Waals surface area contributed by atoms with Crippen LogP contribution in [-0.4, -0.2) is 53.5 Å². The third kappa shape index (κ3) is 8.10. The van der Waals surface area contributed by atoms with Crippen LogP contribution in [0.25, 0.3) is 0 Å². The summed E-state index contributed by atoms with van der Waals surface area (Å²) in [5.41, 5.74) is 0. The first-order chi connectivity index (χ1) is 20.9. The van der Waals surface area contributed by atoms with E-state index in [1.165, 1.54) is 60.7 Å². The Morgan fingerprint density at radius 2 is 0.886 bits per heavy atom. The highest BCUT2D eigenvalue weighted by Crippen LogP contribution is 2.32. The van der Waals surface area contributed by atoms with E-state index in [2.05, 4.69) is 0 Å². The van der Waals surface area contributed by atoms with Crippen molar-refractivity contribution < 1.29 is 40.9 Å². The first-order valence-corrected chi connectivity index (χ1v) is 17.0. The van der Waals surface area contributed by atoms with Gasteiger partial charge in [-0.2, -0.15) is 0 Å². The van der Waals surface area contributed by atoms with Gasteiger partial charge in [-0.1, -0.05) is 24.3 Å². The minimum absolute atomic E-state index is 0.0746. The van der Waals surface area contributed by atoms with Crippen LogP contribution in [0, 0.1) is 0 Å². The van der Waals surface area contributed by atoms with Crippen LogP contribution in [0.3, 0.4) is 0 Å². The molecule has 0 aromatic heterocycles. The molecule has 0 saturated carbocycles. The van der Waals surface area contributed by atoms with Crippen LogP contribution in [0.15, 0.2) is 117 Å². The van der Waals surface area contributed by atoms with Crippen LogP contribution in [-0.2, 0) is 19.7 Å². The Hall–Kier alpha value is -4.06. The molecule has 4 aromatic rings. The van der Waals surface area contributed by atoms with E-state index in [4.69, 9.17) is 18.9 Å². The fraction of sp³-hybridized carbons (Fsp3) is 0.273. The highest BCUT2D eigenvalue weighted by Gasteiger charge is 2.24. The number of hydrogen-bond acceptors (Lipinski definition) is 9. The molecular formula is C33H36O9S2. The Balaban J connectivity index is 1.33. The van der Waals surface area contributed by atoms with Gasteiger partial charge in [-0.05, 0) is 100 Å². The van der Waals surface area contributed by atoms with Gasteiger partial charge in [0.05, 0.1) is 22.0 Å². The van der Waals surface area contributed by atoms with Gasteiger partial charge in [-0.3, -0.25) is 0 Å². The minimum Gasteiger partial charge on any atom is -0.491 e. The molecule has 0 atom stereocenters. The van der Waals surface area contributed by atoms with Crippen molar-refractivity contribution in [1.29, 1.82) is 0 Å². The van der Waals surface area contributed by atoms with Crippen LogP contribution in [0.5, 0.6) is 23.0 Å². The summed E-state index contributed by atoms with van der Waals surface area (Å²) < 4.78 is 75.5. The maximum Gasteiger partial charge on any atom is 0.210 e. The van der Waals surface area contributed by atoms with Gasteiger partial charge in [0, 0.05) is 0 Å². The van der Waals surface area contributed by atoms with Crippen LogP contribution in [0.1, 0.15) is 27.7 Å². The molecule has 44 heavy (non-hydrogen) atoms. The van der Waals surface area contributed by atoms with E-state index in [0.717, 1.165) is 0 Å². The smallest absolute Gasteiger partial charge is 0.210 e. The second kappa shape index (κ2) is 14.1. The molecule has 4 aromatic carbocycles. The topological polar surface area (TPSA) is 125 Å². The molecule has 0 amide bonds. The summed E-state index contributed by atoms with van der Waals surface area (Å²) in [6.07, 6.45) is -1.39. The van der Waals surface area contributed by atoms with Crippen molar-refractivity contribution in [1.82, 2.24) is 0 Å². The number of hydrogen-bond donors (Lipinski definition) is 1. The van der Waals surface area contributed by atoms with Crippen LogP contribution in [0.2, 0.25) is 0 Å². The number of ether oxygens (including phenoxy) is 4. The van der Waals surface area contributed by atoms with Gasteiger partial charge in [-0.25, -0.2) is 16.8 Å². The van der Waals surface area contributed by atoms with E-state index < -0.39 is 25.8 Å². The molecule has 0 radical (unpaired) electrons. The summed E-state index contributed by atoms with van der Waals surface area (Å²) in [7, 11) is -7.66. The van der Waals surface area contributed by atoms with Crippen molar-refractivity contribution in [2.24, 2.45) is 0 Å². The molecular weight excluding hydrogens is 604 g/mol. The van der Waals surface area contributed by atoms with E-state index >= 15 is 0 Å². The molecule has 0 spiro atoms. The summed E-state index contributed by atoms with van der Waals surface area (Å²) >= 11 is 0. The number of para-hydroxylation sites is 2. The van der Waals surface area contributed by atoms with Crippen LogP contribution in [0.4, 0.5) is 0 Å². The van der Waals surface area contributed by atoms with Gasteiger partial charge in [-0.15, -0.1) is 0 Å². The van der Waals surface area contributed by atoms with Crippen LogP contribution >= 0.6 is 0 Å². The first kappa shape index (κ1) is 32.8. The van der Waals surface area contributed by atoms with E-state index in [-0.39, 0.29) is 56.5 Å². The van der Waals surface area contributed by atoms with Crippen molar-refractivity contribution >= 4 is 19.7 Å². The van der Waals surface area contributed by atoms with Gasteiger partial charge in [0.25, 0.3) is 0 Å². The molecule has 0 aliphatic carbocycles. The number of benzene rings is 4. The van der Waals surface area contributed by atoms with Crippen molar-refractivity contribution in [2.45, 2.75) is 65.6 Å². The molecule has 9 nitrogen and oxygen atoms in total. The molecule has 0 fully saturated rings. The minimum atomic E-state index is -3.83. The predicted molar refractivity (Wildman–Crippen MR) is 165 cm³/mol. The third-order valence-corrected chi connectivity index (χ3v) is 9.77. The second-order valence-electron chi connectivity index (χ2n) is 10.5. The van der Waals surface area contributed by atoms with Crippen molar-refractivity contribution in [2.75, 3.05) is 13.2 Å². The van der Waals surface area contributed by atoms with Gasteiger partial charge in [0.1, 0.15) is 52.1 Å². The molecule has 0 aliphatic rings. The fourth-order valence-electron chi connectivity index (χ4n) is 4.16. The fourth-order valence-corrected chi connectivity index (χ4v) is 6.94. The third-order valence-electron chi connectivity index (χ3n) is 6.16. The summed E-state index contributed by atoms with van der Waals surface area (Å²) in [5, 5.41) is 10.4. The maximum atomic E-state index is 13.2. The molecule has 0 bridgehead atoms. The Labute approximate surface area is 258 Å². The molecule has 0 heterocycles. The maximum absolute atomic E-state index is 13.2. The summed E-state index contributed by atoms with van der Waals surface area (Å²) in [6, 6.07) is 24.7. The van der Waals surface area contributed by atoms with Crippen molar-refractivity contribution in [3.05, 3.63) is 97.1 Å². The molecule has 4 rings (SSSR count). The summed E-state index contributed by atoms with van der Waals surface area (Å²) in [6.45, 7) is 7.06. The second-order valence-corrected chi connectivity index (χ2v) is 14.3. The Bertz CT molecular complexity index is 1620. The monoisotopic (exact) mass is 640 g/mol. The van der Waals surface area contributed by atoms with E-state index in [9.17, 15) is 21.9 Å². The average molecular weight is 641 g/mol. The first-order valence-electron chi connectivity index (χ1n) is 14.0. The predicted octanol–water partition coefficient (Wildman–Crippen LogP) is 5.75. The SMILES string of the molecule is CC(C)Oc1ccccc1S(=O)(=O)c1ccc(OCC(O)COc2ccc(S(=O)(=O)c3ccccc3OC(C)C)cc2)cc1. The number of aliphatic hydroxyl groups is 1. The van der Waals surface area contributed by atoms with E-state index in [1.807, 2.05) is 27.7 Å². The normalized spacial score (nSPS) is 12.0. The summed E-state index contributed by atoms with van der Waals surface area (Å²) in [4.78, 5) is 0.306. The highest BCUT2D eigenvalue weighted by molar-refractivity contribution is 7.92. The Morgan fingerprint density at radius 1 is 0.545 bits per heavy atom. The molecule has 11 heteroatoms. The Kier molecular flexibility index (Phi) is 10.6. The zero-order chi connectivity index (χ0) is 31.9. The highest BCUT2D eigenvalue weighted by atomic mass is 32.2. The number of aliphatic hydroxyl groups excluding tert-OH is 1. The van der Waals surface area contributed by atoms with E-state index in [0.29, 0.717) is 11.5 Å². The number of sulfone groups is 2. The van der Waals surface area contributed by atoms with Gasteiger partial charge < -0.3 is 24.1 Å². The van der Waals surface area contributed by atoms with Crippen molar-refractivity contribution in [3.63, 3.8) is 0 Å². The molecule has 0 unspecified atom stereocenters. The molecule has 234 valence electrons. The van der Waals surface area contributed by atoms with Gasteiger partial charge in [0.15, 0.2) is 0 Å².